The van der Waals surface area contributed by atoms with E-state index in [0.717, 1.165) is 5.56 Å². The first-order valence-corrected chi connectivity index (χ1v) is 5.08. The topological polar surface area (TPSA) is 66.4 Å². The van der Waals surface area contributed by atoms with Crippen LogP contribution in [0.1, 0.15) is 22.8 Å². The average Bonchev–Trinajstić information content (AvgIpc) is 2.26. The van der Waals surface area contributed by atoms with Gasteiger partial charge in [-0.1, -0.05) is 24.6 Å². The van der Waals surface area contributed by atoms with Crippen molar-refractivity contribution in [3.05, 3.63) is 35.4 Å². The van der Waals surface area contributed by atoms with Crippen molar-refractivity contribution in [3.8, 4) is 0 Å². The highest BCUT2D eigenvalue weighted by Gasteiger charge is 2.12. The van der Waals surface area contributed by atoms with Gasteiger partial charge in [0, 0.05) is 12.1 Å². The smallest absolute Gasteiger partial charge is 0.308 e. The number of hydrogen-bond acceptors (Lipinski definition) is 2. The van der Waals surface area contributed by atoms with Crippen LogP contribution < -0.4 is 5.32 Å². The van der Waals surface area contributed by atoms with E-state index in [2.05, 4.69) is 5.32 Å². The van der Waals surface area contributed by atoms with Gasteiger partial charge >= 0.3 is 5.97 Å². The molecule has 0 aliphatic heterocycles. The molecule has 0 saturated carbocycles. The number of carboxylic acids is 1. The van der Waals surface area contributed by atoms with Crippen LogP contribution in [0.25, 0.3) is 0 Å². The molecule has 4 nitrogen and oxygen atoms in total. The molecule has 0 bridgehead atoms. The molecule has 0 aliphatic rings. The average molecular weight is 221 g/mol. The van der Waals surface area contributed by atoms with Crippen molar-refractivity contribution in [2.24, 2.45) is 5.92 Å². The van der Waals surface area contributed by atoms with Gasteiger partial charge in [0.2, 0.25) is 0 Å². The van der Waals surface area contributed by atoms with E-state index >= 15 is 0 Å². The van der Waals surface area contributed by atoms with Crippen LogP contribution in [0.15, 0.2) is 24.3 Å². The Morgan fingerprint density at radius 2 is 1.88 bits per heavy atom. The Morgan fingerprint density at radius 1 is 1.31 bits per heavy atom. The molecule has 1 aromatic rings. The van der Waals surface area contributed by atoms with Gasteiger partial charge in [-0.25, -0.2) is 0 Å². The van der Waals surface area contributed by atoms with Crippen molar-refractivity contribution in [1.29, 1.82) is 0 Å². The maximum atomic E-state index is 11.6. The third-order valence-electron chi connectivity index (χ3n) is 2.30. The summed E-state index contributed by atoms with van der Waals surface area (Å²) in [6.07, 6.45) is 0. The van der Waals surface area contributed by atoms with E-state index in [1.165, 1.54) is 0 Å². The van der Waals surface area contributed by atoms with Crippen molar-refractivity contribution >= 4 is 11.9 Å². The zero-order valence-electron chi connectivity index (χ0n) is 9.36. The second kappa shape index (κ2) is 5.30. The molecule has 1 aromatic carbocycles. The molecular formula is C12H15NO3. The fourth-order valence-corrected chi connectivity index (χ4v) is 1.14. The summed E-state index contributed by atoms with van der Waals surface area (Å²) in [6.45, 7) is 3.63. The summed E-state index contributed by atoms with van der Waals surface area (Å²) in [5.41, 5.74) is 1.62. The number of carbonyl (C=O) groups excluding carboxylic acids is 1. The highest BCUT2D eigenvalue weighted by Crippen LogP contribution is 2.03. The minimum Gasteiger partial charge on any atom is -0.481 e. The molecule has 0 fully saturated rings. The second-order valence-electron chi connectivity index (χ2n) is 3.82. The molecule has 0 heterocycles. The lowest BCUT2D eigenvalue weighted by Crippen LogP contribution is -2.31. The molecule has 0 aliphatic carbocycles. The first-order valence-electron chi connectivity index (χ1n) is 5.08. The van der Waals surface area contributed by atoms with Crippen LogP contribution in [-0.2, 0) is 4.79 Å². The van der Waals surface area contributed by atoms with E-state index in [9.17, 15) is 9.59 Å². The van der Waals surface area contributed by atoms with Gasteiger partial charge in [-0.3, -0.25) is 9.59 Å². The third kappa shape index (κ3) is 3.38. The Labute approximate surface area is 94.3 Å². The van der Waals surface area contributed by atoms with E-state index in [-0.39, 0.29) is 12.5 Å². The number of rotatable bonds is 4. The lowest BCUT2D eigenvalue weighted by Gasteiger charge is -2.08. The van der Waals surface area contributed by atoms with Gasteiger partial charge < -0.3 is 10.4 Å². The quantitative estimate of drug-likeness (QED) is 0.808. The van der Waals surface area contributed by atoms with E-state index < -0.39 is 11.9 Å². The number of hydrogen-bond donors (Lipinski definition) is 2. The van der Waals surface area contributed by atoms with Crippen molar-refractivity contribution < 1.29 is 14.7 Å². The summed E-state index contributed by atoms with van der Waals surface area (Å²) < 4.78 is 0. The molecule has 0 spiro atoms. The number of aliphatic carboxylic acids is 1. The molecule has 1 unspecified atom stereocenters. The van der Waals surface area contributed by atoms with Crippen molar-refractivity contribution in [2.75, 3.05) is 6.54 Å². The largest absolute Gasteiger partial charge is 0.481 e. The summed E-state index contributed by atoms with van der Waals surface area (Å²) in [7, 11) is 0. The summed E-state index contributed by atoms with van der Waals surface area (Å²) in [4.78, 5) is 22.1. The Kier molecular flexibility index (Phi) is 4.05. The fourth-order valence-electron chi connectivity index (χ4n) is 1.14. The van der Waals surface area contributed by atoms with Gasteiger partial charge in [0.25, 0.3) is 5.91 Å². The predicted octanol–water partition coefficient (Wildman–Crippen LogP) is 1.45. The maximum absolute atomic E-state index is 11.6. The van der Waals surface area contributed by atoms with Gasteiger partial charge in [-0.05, 0) is 19.1 Å². The molecular weight excluding hydrogens is 206 g/mol. The van der Waals surface area contributed by atoms with E-state index in [0.29, 0.717) is 5.56 Å². The first-order chi connectivity index (χ1) is 7.50. The molecule has 86 valence electrons. The van der Waals surface area contributed by atoms with Gasteiger partial charge in [0.05, 0.1) is 5.92 Å². The van der Waals surface area contributed by atoms with Crippen LogP contribution in [0.5, 0.6) is 0 Å². The lowest BCUT2D eigenvalue weighted by atomic mass is 10.1. The van der Waals surface area contributed by atoms with E-state index in [1.54, 1.807) is 19.1 Å². The summed E-state index contributed by atoms with van der Waals surface area (Å²) in [5.74, 6) is -1.73. The second-order valence-corrected chi connectivity index (χ2v) is 3.82. The van der Waals surface area contributed by atoms with Gasteiger partial charge in [0.15, 0.2) is 0 Å². The maximum Gasteiger partial charge on any atom is 0.308 e. The van der Waals surface area contributed by atoms with Crippen LogP contribution in [0.4, 0.5) is 0 Å². The minimum atomic E-state index is -0.913. The molecule has 0 aromatic heterocycles. The van der Waals surface area contributed by atoms with Crippen molar-refractivity contribution in [3.63, 3.8) is 0 Å². The highest BCUT2D eigenvalue weighted by atomic mass is 16.4. The number of nitrogens with one attached hydrogen (secondary N) is 1. The van der Waals surface area contributed by atoms with Crippen LogP contribution in [0, 0.1) is 12.8 Å². The molecule has 1 rings (SSSR count). The van der Waals surface area contributed by atoms with Gasteiger partial charge in [-0.2, -0.15) is 0 Å². The standard InChI is InChI=1S/C12H15NO3/c1-8-3-5-10(6-4-8)11(14)13-7-9(2)12(15)16/h3-6,9H,7H2,1-2H3,(H,13,14)(H,15,16). The highest BCUT2D eigenvalue weighted by molar-refractivity contribution is 5.94. The molecule has 16 heavy (non-hydrogen) atoms. The van der Waals surface area contributed by atoms with Crippen LogP contribution in [-0.4, -0.2) is 23.5 Å². The third-order valence-corrected chi connectivity index (χ3v) is 2.30. The number of aryl methyl sites for hydroxylation is 1. The zero-order valence-corrected chi connectivity index (χ0v) is 9.36. The molecule has 4 heteroatoms. The van der Waals surface area contributed by atoms with Crippen LogP contribution >= 0.6 is 0 Å². The summed E-state index contributed by atoms with van der Waals surface area (Å²) in [6, 6.07) is 7.12. The van der Waals surface area contributed by atoms with E-state index in [1.807, 2.05) is 19.1 Å². The first kappa shape index (κ1) is 12.2. The predicted molar refractivity (Wildman–Crippen MR) is 60.3 cm³/mol. The molecule has 1 atom stereocenters. The Bertz CT molecular complexity index is 384. The number of benzene rings is 1. The zero-order chi connectivity index (χ0) is 12.1. The van der Waals surface area contributed by atoms with Crippen LogP contribution in [0.3, 0.4) is 0 Å². The molecule has 1 amide bonds. The van der Waals surface area contributed by atoms with Crippen LogP contribution in [0.2, 0.25) is 0 Å². The number of carbonyl (C=O) groups is 2. The number of amides is 1. The lowest BCUT2D eigenvalue weighted by molar-refractivity contribution is -0.140. The fraction of sp³-hybridized carbons (Fsp3) is 0.333. The SMILES string of the molecule is Cc1ccc(C(=O)NCC(C)C(=O)O)cc1. The van der Waals surface area contributed by atoms with Crippen molar-refractivity contribution in [2.45, 2.75) is 13.8 Å². The minimum absolute atomic E-state index is 0.141. The summed E-state index contributed by atoms with van der Waals surface area (Å²) in [5, 5.41) is 11.2. The van der Waals surface area contributed by atoms with Gasteiger partial charge in [0.1, 0.15) is 0 Å². The number of carboxylic acid groups (broad SMARTS) is 1. The normalized spacial score (nSPS) is 11.9. The monoisotopic (exact) mass is 221 g/mol. The molecule has 0 radical (unpaired) electrons. The van der Waals surface area contributed by atoms with Gasteiger partial charge in [-0.15, -0.1) is 0 Å². The molecule has 2 N–H and O–H groups in total. The Morgan fingerprint density at radius 3 is 2.38 bits per heavy atom. The molecule has 0 saturated heterocycles. The summed E-state index contributed by atoms with van der Waals surface area (Å²) >= 11 is 0. The Hall–Kier alpha value is -1.84. The van der Waals surface area contributed by atoms with E-state index in [4.69, 9.17) is 5.11 Å². The Balaban J connectivity index is 2.53. The van der Waals surface area contributed by atoms with Crippen molar-refractivity contribution in [1.82, 2.24) is 5.32 Å².